The molecule has 0 aliphatic carbocycles. The lowest BCUT2D eigenvalue weighted by Gasteiger charge is -2.24. The number of carbonyl (C=O) groups excluding carboxylic acids is 1. The average Bonchev–Trinajstić information content (AvgIpc) is 2.82. The van der Waals surface area contributed by atoms with E-state index in [-0.39, 0.29) is 17.9 Å². The van der Waals surface area contributed by atoms with Gasteiger partial charge in [-0.1, -0.05) is 30.3 Å². The van der Waals surface area contributed by atoms with Crippen LogP contribution in [0.4, 0.5) is 4.79 Å². The molecule has 1 heterocycles. The highest BCUT2D eigenvalue weighted by Gasteiger charge is 2.37. The SMILES string of the molecule is CC(C)(C)OC(=O)N1CC(CON)C(c2ccccc2)C1. The maximum Gasteiger partial charge on any atom is 0.410 e. The van der Waals surface area contributed by atoms with Gasteiger partial charge in [0.1, 0.15) is 5.60 Å². The lowest BCUT2D eigenvalue weighted by molar-refractivity contribution is 0.0274. The minimum absolute atomic E-state index is 0.185. The van der Waals surface area contributed by atoms with Crippen LogP contribution in [0.15, 0.2) is 30.3 Å². The summed E-state index contributed by atoms with van der Waals surface area (Å²) in [7, 11) is 0. The van der Waals surface area contributed by atoms with Crippen molar-refractivity contribution in [3.8, 4) is 0 Å². The number of rotatable bonds is 3. The molecule has 2 N–H and O–H groups in total. The van der Waals surface area contributed by atoms with Gasteiger partial charge in [0.2, 0.25) is 0 Å². The third-order valence-electron chi connectivity index (χ3n) is 3.63. The molecule has 2 atom stereocenters. The van der Waals surface area contributed by atoms with Crippen molar-refractivity contribution < 1.29 is 14.4 Å². The van der Waals surface area contributed by atoms with Crippen LogP contribution in [0.5, 0.6) is 0 Å². The van der Waals surface area contributed by atoms with Crippen molar-refractivity contribution in [1.29, 1.82) is 0 Å². The quantitative estimate of drug-likeness (QED) is 0.869. The molecule has 0 saturated carbocycles. The fourth-order valence-corrected chi connectivity index (χ4v) is 2.72. The van der Waals surface area contributed by atoms with Gasteiger partial charge in [0.05, 0.1) is 6.61 Å². The first-order chi connectivity index (χ1) is 9.90. The number of nitrogens with zero attached hydrogens (tertiary/aromatic N) is 1. The second kappa shape index (κ2) is 6.45. The molecule has 1 aromatic rings. The molecule has 1 aliphatic rings. The Morgan fingerprint density at radius 3 is 2.52 bits per heavy atom. The van der Waals surface area contributed by atoms with Gasteiger partial charge in [0, 0.05) is 24.9 Å². The molecule has 1 aliphatic heterocycles. The summed E-state index contributed by atoms with van der Waals surface area (Å²) in [6, 6.07) is 10.1. The minimum Gasteiger partial charge on any atom is -0.444 e. The van der Waals surface area contributed by atoms with Crippen LogP contribution in [0.1, 0.15) is 32.3 Å². The van der Waals surface area contributed by atoms with Crippen LogP contribution in [-0.2, 0) is 9.57 Å². The van der Waals surface area contributed by atoms with Gasteiger partial charge in [0.15, 0.2) is 0 Å². The number of carbonyl (C=O) groups is 1. The Labute approximate surface area is 126 Å². The largest absolute Gasteiger partial charge is 0.444 e. The maximum absolute atomic E-state index is 12.2. The van der Waals surface area contributed by atoms with Crippen molar-refractivity contribution in [2.75, 3.05) is 19.7 Å². The molecule has 0 radical (unpaired) electrons. The normalized spacial score (nSPS) is 22.4. The predicted molar refractivity (Wildman–Crippen MR) is 80.6 cm³/mol. The van der Waals surface area contributed by atoms with Gasteiger partial charge in [-0.25, -0.2) is 10.7 Å². The van der Waals surface area contributed by atoms with E-state index in [0.717, 1.165) is 0 Å². The highest BCUT2D eigenvalue weighted by molar-refractivity contribution is 5.68. The van der Waals surface area contributed by atoms with Crippen LogP contribution in [0.2, 0.25) is 0 Å². The molecule has 0 bridgehead atoms. The van der Waals surface area contributed by atoms with Gasteiger partial charge < -0.3 is 14.5 Å². The fourth-order valence-electron chi connectivity index (χ4n) is 2.72. The monoisotopic (exact) mass is 292 g/mol. The van der Waals surface area contributed by atoms with Gasteiger partial charge in [-0.3, -0.25) is 0 Å². The Morgan fingerprint density at radius 1 is 1.29 bits per heavy atom. The Morgan fingerprint density at radius 2 is 1.95 bits per heavy atom. The number of likely N-dealkylation sites (tertiary alicyclic amines) is 1. The van der Waals surface area contributed by atoms with Gasteiger partial charge in [-0.2, -0.15) is 0 Å². The third-order valence-corrected chi connectivity index (χ3v) is 3.63. The van der Waals surface area contributed by atoms with Crippen LogP contribution in [-0.4, -0.2) is 36.3 Å². The van der Waals surface area contributed by atoms with E-state index in [0.29, 0.717) is 19.7 Å². The summed E-state index contributed by atoms with van der Waals surface area (Å²) >= 11 is 0. The molecule has 116 valence electrons. The van der Waals surface area contributed by atoms with E-state index in [2.05, 4.69) is 12.1 Å². The first-order valence-electron chi connectivity index (χ1n) is 7.25. The summed E-state index contributed by atoms with van der Waals surface area (Å²) in [6.07, 6.45) is -0.275. The molecule has 1 aromatic carbocycles. The van der Waals surface area contributed by atoms with Crippen LogP contribution in [0, 0.1) is 5.92 Å². The van der Waals surface area contributed by atoms with E-state index in [1.54, 1.807) is 4.90 Å². The summed E-state index contributed by atoms with van der Waals surface area (Å²) < 4.78 is 5.45. The third kappa shape index (κ3) is 4.19. The van der Waals surface area contributed by atoms with Crippen molar-refractivity contribution in [3.63, 3.8) is 0 Å². The van der Waals surface area contributed by atoms with Crippen molar-refractivity contribution in [2.24, 2.45) is 11.8 Å². The summed E-state index contributed by atoms with van der Waals surface area (Å²) in [6.45, 7) is 7.28. The van der Waals surface area contributed by atoms with Crippen LogP contribution < -0.4 is 5.90 Å². The first kappa shape index (κ1) is 15.8. The van der Waals surface area contributed by atoms with Crippen molar-refractivity contribution in [2.45, 2.75) is 32.3 Å². The van der Waals surface area contributed by atoms with Gasteiger partial charge in [-0.15, -0.1) is 0 Å². The molecule has 1 saturated heterocycles. The number of nitrogens with two attached hydrogens (primary N) is 1. The molecule has 5 heteroatoms. The van der Waals surface area contributed by atoms with E-state index in [1.165, 1.54) is 5.56 Å². The summed E-state index contributed by atoms with van der Waals surface area (Å²) in [5.41, 5.74) is 0.715. The molecular formula is C16H24N2O3. The standard InChI is InChI=1S/C16H24N2O3/c1-16(2,3)21-15(19)18-9-13(11-20-17)14(10-18)12-7-5-4-6-8-12/h4-8,13-14H,9-11,17H2,1-3H3. The topological polar surface area (TPSA) is 64.8 Å². The molecular weight excluding hydrogens is 268 g/mol. The molecule has 0 aromatic heterocycles. The van der Waals surface area contributed by atoms with Crippen LogP contribution in [0.25, 0.3) is 0 Å². The molecule has 5 nitrogen and oxygen atoms in total. The second-order valence-corrected chi connectivity index (χ2v) is 6.50. The Bertz CT molecular complexity index is 470. The Kier molecular flexibility index (Phi) is 4.85. The zero-order valence-corrected chi connectivity index (χ0v) is 12.9. The zero-order chi connectivity index (χ0) is 15.5. The highest BCUT2D eigenvalue weighted by atomic mass is 16.6. The summed E-state index contributed by atoms with van der Waals surface area (Å²) in [5, 5.41) is 0. The van der Waals surface area contributed by atoms with Crippen LogP contribution >= 0.6 is 0 Å². The zero-order valence-electron chi connectivity index (χ0n) is 12.9. The molecule has 2 unspecified atom stereocenters. The lowest BCUT2D eigenvalue weighted by Crippen LogP contribution is -2.35. The lowest BCUT2D eigenvalue weighted by atomic mass is 9.90. The van der Waals surface area contributed by atoms with Crippen molar-refractivity contribution in [1.82, 2.24) is 4.90 Å². The maximum atomic E-state index is 12.2. The summed E-state index contributed by atoms with van der Waals surface area (Å²) in [5.74, 6) is 5.65. The highest BCUT2D eigenvalue weighted by Crippen LogP contribution is 2.33. The smallest absolute Gasteiger partial charge is 0.410 e. The molecule has 2 rings (SSSR count). The average molecular weight is 292 g/mol. The van der Waals surface area contributed by atoms with E-state index in [1.807, 2.05) is 39.0 Å². The second-order valence-electron chi connectivity index (χ2n) is 6.50. The van der Waals surface area contributed by atoms with Gasteiger partial charge >= 0.3 is 6.09 Å². The number of ether oxygens (including phenoxy) is 1. The number of amides is 1. The van der Waals surface area contributed by atoms with Crippen molar-refractivity contribution in [3.05, 3.63) is 35.9 Å². The summed E-state index contributed by atoms with van der Waals surface area (Å²) in [4.78, 5) is 18.8. The number of benzene rings is 1. The van der Waals surface area contributed by atoms with Gasteiger partial charge in [0.25, 0.3) is 0 Å². The number of hydrogen-bond acceptors (Lipinski definition) is 4. The Balaban J connectivity index is 2.10. The van der Waals surface area contributed by atoms with Gasteiger partial charge in [-0.05, 0) is 26.3 Å². The van der Waals surface area contributed by atoms with E-state index in [4.69, 9.17) is 15.5 Å². The minimum atomic E-state index is -0.484. The molecule has 1 fully saturated rings. The number of hydrogen-bond donors (Lipinski definition) is 1. The van der Waals surface area contributed by atoms with E-state index in [9.17, 15) is 4.79 Å². The fraction of sp³-hybridized carbons (Fsp3) is 0.562. The van der Waals surface area contributed by atoms with Crippen molar-refractivity contribution >= 4 is 6.09 Å². The predicted octanol–water partition coefficient (Wildman–Crippen LogP) is 2.53. The Hall–Kier alpha value is -1.59. The molecule has 0 spiro atoms. The van der Waals surface area contributed by atoms with E-state index >= 15 is 0 Å². The molecule has 1 amide bonds. The van der Waals surface area contributed by atoms with Crippen LogP contribution in [0.3, 0.4) is 0 Å². The molecule has 21 heavy (non-hydrogen) atoms. The first-order valence-corrected chi connectivity index (χ1v) is 7.25. The van der Waals surface area contributed by atoms with E-state index < -0.39 is 5.60 Å².